The van der Waals surface area contributed by atoms with Gasteiger partial charge in [0.1, 0.15) is 0 Å². The molecule has 3 nitrogen and oxygen atoms in total. The van der Waals surface area contributed by atoms with E-state index in [1.54, 1.807) is 0 Å². The minimum atomic E-state index is 0. The Hall–Kier alpha value is 0.984. The molecule has 0 aromatic heterocycles. The summed E-state index contributed by atoms with van der Waals surface area (Å²) in [6.07, 6.45) is 0. The van der Waals surface area contributed by atoms with Gasteiger partial charge in [0.05, 0.1) is 0 Å². The molecule has 0 unspecified atom stereocenters. The van der Waals surface area contributed by atoms with E-state index in [2.05, 4.69) is 5.32 Å². The fourth-order valence-corrected chi connectivity index (χ4v) is 1.79. The van der Waals surface area contributed by atoms with Crippen LogP contribution in [0.1, 0.15) is 0 Å². The molecule has 1 radical (unpaired) electrons. The van der Waals surface area contributed by atoms with Gasteiger partial charge in [-0.2, -0.15) is 0 Å². The van der Waals surface area contributed by atoms with Crippen LogP contribution in [0.25, 0.3) is 5.32 Å². The van der Waals surface area contributed by atoms with Crippen LogP contribution >= 0.6 is 0 Å². The van der Waals surface area contributed by atoms with Crippen LogP contribution in [-0.2, 0) is 32.7 Å². The molecule has 55 valence electrons. The van der Waals surface area contributed by atoms with Gasteiger partial charge in [0.2, 0.25) is 0 Å². The minimum Gasteiger partial charge on any atom is -0.662 e. The van der Waals surface area contributed by atoms with Gasteiger partial charge in [-0.15, -0.1) is 13.1 Å². The predicted octanol–water partition coefficient (Wildman–Crippen LogP) is -0.207. The zero-order chi connectivity index (χ0) is 6.27. The molecule has 0 bridgehead atoms. The zero-order valence-electron chi connectivity index (χ0n) is 6.03. The van der Waals surface area contributed by atoms with E-state index in [1.165, 1.54) is 0 Å². The molecule has 2 aliphatic rings. The SMILES string of the molecule is NN1C[C@H]2C[N-]C[C@H]2C1.[Y]. The molecular formula is C6H12N3Y-. The minimum absolute atomic E-state index is 0. The second-order valence-electron chi connectivity index (χ2n) is 3.06. The summed E-state index contributed by atoms with van der Waals surface area (Å²) in [6.45, 7) is 4.24. The molecule has 2 fully saturated rings. The smallest absolute Gasteiger partial charge is 0.0143 e. The largest absolute Gasteiger partial charge is 0.662 e. The van der Waals surface area contributed by atoms with Gasteiger partial charge in [0.15, 0.2) is 0 Å². The van der Waals surface area contributed by atoms with Crippen LogP contribution < -0.4 is 5.84 Å². The number of rotatable bonds is 0. The van der Waals surface area contributed by atoms with E-state index in [0.29, 0.717) is 0 Å². The third kappa shape index (κ3) is 1.59. The first-order valence-corrected chi connectivity index (χ1v) is 3.49. The van der Waals surface area contributed by atoms with Crippen LogP contribution in [0.4, 0.5) is 0 Å². The van der Waals surface area contributed by atoms with Gasteiger partial charge in [-0.1, -0.05) is 0 Å². The first kappa shape index (κ1) is 9.07. The summed E-state index contributed by atoms with van der Waals surface area (Å²) < 4.78 is 0. The van der Waals surface area contributed by atoms with Gasteiger partial charge in [0, 0.05) is 45.8 Å². The molecule has 0 aromatic rings. The molecule has 0 amide bonds. The van der Waals surface area contributed by atoms with Gasteiger partial charge in [-0.05, 0) is 11.8 Å². The molecule has 0 spiro atoms. The first-order chi connectivity index (χ1) is 4.36. The summed E-state index contributed by atoms with van der Waals surface area (Å²) in [5.74, 6) is 7.19. The maximum absolute atomic E-state index is 5.62. The van der Waals surface area contributed by atoms with Crippen molar-refractivity contribution in [3.63, 3.8) is 0 Å². The Balaban J connectivity index is 0.000000500. The number of hydrogen-bond acceptors (Lipinski definition) is 2. The number of nitrogens with zero attached hydrogens (tertiary/aromatic N) is 2. The molecule has 0 aromatic carbocycles. The molecule has 2 atom stereocenters. The van der Waals surface area contributed by atoms with Crippen molar-refractivity contribution in [1.29, 1.82) is 0 Å². The van der Waals surface area contributed by atoms with Gasteiger partial charge in [0.25, 0.3) is 0 Å². The number of hydrazine groups is 1. The molecular weight excluding hydrogens is 203 g/mol. The van der Waals surface area contributed by atoms with Crippen molar-refractivity contribution >= 4 is 0 Å². The van der Waals surface area contributed by atoms with E-state index in [9.17, 15) is 0 Å². The molecule has 0 aliphatic carbocycles. The van der Waals surface area contributed by atoms with Gasteiger partial charge in [-0.3, -0.25) is 5.84 Å². The van der Waals surface area contributed by atoms with E-state index < -0.39 is 0 Å². The standard InChI is InChI=1S/C6H12N3.Y/c7-9-3-5-1-8-2-6(5)4-9;/h5-6H,1-4,7H2;/q-1;/t5-,6+;. The Morgan fingerprint density at radius 3 is 2.20 bits per heavy atom. The van der Waals surface area contributed by atoms with Crippen LogP contribution in [0.3, 0.4) is 0 Å². The quantitative estimate of drug-likeness (QED) is 0.568. The van der Waals surface area contributed by atoms with Crippen molar-refractivity contribution in [2.24, 2.45) is 17.7 Å². The molecule has 2 aliphatic heterocycles. The van der Waals surface area contributed by atoms with Crippen molar-refractivity contribution in [2.75, 3.05) is 26.2 Å². The summed E-state index contributed by atoms with van der Waals surface area (Å²) in [4.78, 5) is 0. The molecule has 2 rings (SSSR count). The van der Waals surface area contributed by atoms with Crippen LogP contribution in [0.2, 0.25) is 0 Å². The van der Waals surface area contributed by atoms with Crippen molar-refractivity contribution in [3.8, 4) is 0 Å². The van der Waals surface area contributed by atoms with Crippen LogP contribution in [-0.4, -0.2) is 31.2 Å². The molecule has 4 heteroatoms. The van der Waals surface area contributed by atoms with Gasteiger partial charge >= 0.3 is 0 Å². The molecule has 2 saturated heterocycles. The van der Waals surface area contributed by atoms with Crippen LogP contribution in [0, 0.1) is 11.8 Å². The molecule has 0 saturated carbocycles. The maximum atomic E-state index is 5.62. The summed E-state index contributed by atoms with van der Waals surface area (Å²) in [6, 6.07) is 0. The summed E-state index contributed by atoms with van der Waals surface area (Å²) in [7, 11) is 0. The van der Waals surface area contributed by atoms with E-state index in [-0.39, 0.29) is 32.7 Å². The monoisotopic (exact) mass is 215 g/mol. The predicted molar refractivity (Wildman–Crippen MR) is 35.8 cm³/mol. The van der Waals surface area contributed by atoms with Crippen LogP contribution in [0.15, 0.2) is 0 Å². The fourth-order valence-electron chi connectivity index (χ4n) is 1.79. The summed E-state index contributed by atoms with van der Waals surface area (Å²) in [5.41, 5.74) is 0. The van der Waals surface area contributed by atoms with E-state index in [4.69, 9.17) is 5.84 Å². The van der Waals surface area contributed by atoms with Crippen LogP contribution in [0.5, 0.6) is 0 Å². The molecule has 2 N–H and O–H groups in total. The van der Waals surface area contributed by atoms with Crippen molar-refractivity contribution in [3.05, 3.63) is 5.32 Å². The average Bonchev–Trinajstić information content (AvgIpc) is 2.22. The van der Waals surface area contributed by atoms with E-state index in [1.807, 2.05) is 5.01 Å². The third-order valence-corrected chi connectivity index (χ3v) is 2.33. The van der Waals surface area contributed by atoms with Gasteiger partial charge < -0.3 is 5.32 Å². The summed E-state index contributed by atoms with van der Waals surface area (Å²) in [5, 5.41) is 6.24. The Morgan fingerprint density at radius 2 is 1.70 bits per heavy atom. The third-order valence-electron chi connectivity index (χ3n) is 2.33. The average molecular weight is 215 g/mol. The first-order valence-electron chi connectivity index (χ1n) is 3.49. The second-order valence-corrected chi connectivity index (χ2v) is 3.06. The fraction of sp³-hybridized carbons (Fsp3) is 1.00. The maximum Gasteiger partial charge on any atom is 0.0143 e. The van der Waals surface area contributed by atoms with E-state index in [0.717, 1.165) is 38.0 Å². The zero-order valence-corrected chi connectivity index (χ0v) is 8.87. The Bertz CT molecular complexity index is 108. The van der Waals surface area contributed by atoms with Crippen molar-refractivity contribution < 1.29 is 32.7 Å². The molecule has 10 heavy (non-hydrogen) atoms. The Labute approximate surface area is 86.6 Å². The number of hydrogen-bond donors (Lipinski definition) is 1. The Morgan fingerprint density at radius 1 is 1.20 bits per heavy atom. The topological polar surface area (TPSA) is 43.4 Å². The normalized spacial score (nSPS) is 39.3. The summed E-state index contributed by atoms with van der Waals surface area (Å²) >= 11 is 0. The number of nitrogens with two attached hydrogens (primary N) is 1. The van der Waals surface area contributed by atoms with E-state index >= 15 is 0 Å². The van der Waals surface area contributed by atoms with Gasteiger partial charge in [-0.25, -0.2) is 5.01 Å². The van der Waals surface area contributed by atoms with Crippen molar-refractivity contribution in [2.45, 2.75) is 0 Å². The Kier molecular flexibility index (Phi) is 3.26. The molecule has 2 heterocycles. The second kappa shape index (κ2) is 3.59. The number of fused-ring (bicyclic) bond motifs is 1. The van der Waals surface area contributed by atoms with Crippen molar-refractivity contribution in [1.82, 2.24) is 5.01 Å².